The van der Waals surface area contributed by atoms with Crippen molar-refractivity contribution in [3.05, 3.63) is 71.3 Å². The molecule has 0 radical (unpaired) electrons. The van der Waals surface area contributed by atoms with Crippen LogP contribution in [0.5, 0.6) is 0 Å². The fourth-order valence-corrected chi connectivity index (χ4v) is 4.11. The molecule has 0 spiro atoms. The molecule has 0 amide bonds. The van der Waals surface area contributed by atoms with E-state index in [0.29, 0.717) is 5.92 Å². The summed E-state index contributed by atoms with van der Waals surface area (Å²) in [6, 6.07) is 18.2. The minimum atomic E-state index is -0.998. The largest absolute Gasteiger partial charge is 0.481 e. The summed E-state index contributed by atoms with van der Waals surface area (Å²) < 4.78 is 0. The van der Waals surface area contributed by atoms with Gasteiger partial charge in [0.15, 0.2) is 0 Å². The number of carboxylic acid groups (broad SMARTS) is 1. The summed E-state index contributed by atoms with van der Waals surface area (Å²) in [5.41, 5.74) is 3.33. The van der Waals surface area contributed by atoms with Crippen LogP contribution < -0.4 is 0 Å². The first kappa shape index (κ1) is 18.4. The standard InChI is InChI=1S/C23H26O3/c1-16-6-5-7-17(14-16)15-21(23(25)26)22(24)20-12-10-19(11-13-20)18-8-3-2-4-9-18/h2-9,14,19-21H,10-13,15H2,1H3,(H,25,26). The summed E-state index contributed by atoms with van der Waals surface area (Å²) >= 11 is 0. The smallest absolute Gasteiger partial charge is 0.314 e. The summed E-state index contributed by atoms with van der Waals surface area (Å²) in [5.74, 6) is -1.66. The van der Waals surface area contributed by atoms with Crippen molar-refractivity contribution < 1.29 is 14.7 Å². The van der Waals surface area contributed by atoms with Gasteiger partial charge in [0, 0.05) is 5.92 Å². The van der Waals surface area contributed by atoms with E-state index in [4.69, 9.17) is 0 Å². The van der Waals surface area contributed by atoms with Gasteiger partial charge >= 0.3 is 5.97 Å². The molecule has 3 heteroatoms. The Kier molecular flexibility index (Phi) is 5.87. The Morgan fingerprint density at radius 3 is 2.31 bits per heavy atom. The lowest BCUT2D eigenvalue weighted by Crippen LogP contribution is -2.33. The van der Waals surface area contributed by atoms with Crippen molar-refractivity contribution in [3.8, 4) is 0 Å². The number of aryl methyl sites for hydroxylation is 1. The Morgan fingerprint density at radius 2 is 1.69 bits per heavy atom. The summed E-state index contributed by atoms with van der Waals surface area (Å²) in [6.45, 7) is 1.98. The van der Waals surface area contributed by atoms with Crippen LogP contribution in [-0.2, 0) is 16.0 Å². The maximum atomic E-state index is 12.9. The maximum Gasteiger partial charge on any atom is 0.314 e. The van der Waals surface area contributed by atoms with Crippen LogP contribution in [0.25, 0.3) is 0 Å². The van der Waals surface area contributed by atoms with E-state index in [-0.39, 0.29) is 18.1 Å². The molecular weight excluding hydrogens is 324 g/mol. The number of carboxylic acids is 1. The van der Waals surface area contributed by atoms with Gasteiger partial charge in [-0.1, -0.05) is 60.2 Å². The summed E-state index contributed by atoms with van der Waals surface area (Å²) in [4.78, 5) is 24.6. The molecule has 0 saturated heterocycles. The Bertz CT molecular complexity index is 758. The van der Waals surface area contributed by atoms with Gasteiger partial charge in [-0.3, -0.25) is 9.59 Å². The highest BCUT2D eigenvalue weighted by Crippen LogP contribution is 2.37. The maximum absolute atomic E-state index is 12.9. The van der Waals surface area contributed by atoms with E-state index in [1.54, 1.807) is 0 Å². The minimum absolute atomic E-state index is 0.0921. The molecule has 0 heterocycles. The second kappa shape index (κ2) is 8.31. The molecule has 1 aliphatic rings. The van der Waals surface area contributed by atoms with Gasteiger partial charge in [0.2, 0.25) is 0 Å². The third-order valence-electron chi connectivity index (χ3n) is 5.56. The molecule has 26 heavy (non-hydrogen) atoms. The SMILES string of the molecule is Cc1cccc(CC(C(=O)O)C(=O)C2CCC(c3ccccc3)CC2)c1. The lowest BCUT2D eigenvalue weighted by Gasteiger charge is -2.29. The first-order chi connectivity index (χ1) is 12.5. The quantitative estimate of drug-likeness (QED) is 0.763. The molecule has 1 aliphatic carbocycles. The van der Waals surface area contributed by atoms with Gasteiger partial charge in [0.25, 0.3) is 0 Å². The molecule has 1 saturated carbocycles. The second-order valence-corrected chi connectivity index (χ2v) is 7.45. The monoisotopic (exact) mass is 350 g/mol. The molecule has 136 valence electrons. The van der Waals surface area contributed by atoms with E-state index in [9.17, 15) is 14.7 Å². The van der Waals surface area contributed by atoms with Crippen molar-refractivity contribution >= 4 is 11.8 Å². The van der Waals surface area contributed by atoms with Gasteiger partial charge in [-0.25, -0.2) is 0 Å². The highest BCUT2D eigenvalue weighted by molar-refractivity contribution is 5.99. The third-order valence-corrected chi connectivity index (χ3v) is 5.56. The zero-order valence-corrected chi connectivity index (χ0v) is 15.2. The van der Waals surface area contributed by atoms with Crippen molar-refractivity contribution in [2.75, 3.05) is 0 Å². The van der Waals surface area contributed by atoms with E-state index < -0.39 is 11.9 Å². The first-order valence-electron chi connectivity index (χ1n) is 9.41. The molecular formula is C23H26O3. The number of hydrogen-bond acceptors (Lipinski definition) is 2. The van der Waals surface area contributed by atoms with E-state index >= 15 is 0 Å². The number of carbonyl (C=O) groups is 2. The van der Waals surface area contributed by atoms with Gasteiger partial charge in [0.05, 0.1) is 0 Å². The molecule has 0 bridgehead atoms. The van der Waals surface area contributed by atoms with Gasteiger partial charge in [-0.05, 0) is 56.1 Å². The van der Waals surface area contributed by atoms with Crippen LogP contribution in [0, 0.1) is 18.8 Å². The molecule has 1 fully saturated rings. The molecule has 3 rings (SSSR count). The van der Waals surface area contributed by atoms with Crippen LogP contribution >= 0.6 is 0 Å². The zero-order valence-electron chi connectivity index (χ0n) is 15.2. The van der Waals surface area contributed by atoms with Crippen molar-refractivity contribution in [1.29, 1.82) is 0 Å². The van der Waals surface area contributed by atoms with Crippen molar-refractivity contribution in [2.45, 2.75) is 44.9 Å². The third kappa shape index (κ3) is 4.40. The van der Waals surface area contributed by atoms with E-state index in [0.717, 1.165) is 36.8 Å². The highest BCUT2D eigenvalue weighted by atomic mass is 16.4. The van der Waals surface area contributed by atoms with Gasteiger partial charge in [-0.15, -0.1) is 0 Å². The Morgan fingerprint density at radius 1 is 1.00 bits per heavy atom. The Balaban J connectivity index is 1.64. The lowest BCUT2D eigenvalue weighted by molar-refractivity contribution is -0.147. The van der Waals surface area contributed by atoms with Crippen molar-refractivity contribution in [1.82, 2.24) is 0 Å². The zero-order chi connectivity index (χ0) is 18.5. The summed E-state index contributed by atoms with van der Waals surface area (Å²) in [7, 11) is 0. The Labute approximate surface area is 155 Å². The van der Waals surface area contributed by atoms with Gasteiger partial charge in [-0.2, -0.15) is 0 Å². The van der Waals surface area contributed by atoms with E-state index in [1.165, 1.54) is 5.56 Å². The van der Waals surface area contributed by atoms with Crippen molar-refractivity contribution in [3.63, 3.8) is 0 Å². The number of rotatable bonds is 6. The first-order valence-corrected chi connectivity index (χ1v) is 9.41. The molecule has 2 aromatic carbocycles. The van der Waals surface area contributed by atoms with Crippen LogP contribution in [0.3, 0.4) is 0 Å². The predicted octanol–water partition coefficient (Wildman–Crippen LogP) is 4.78. The molecule has 3 nitrogen and oxygen atoms in total. The molecule has 2 aromatic rings. The highest BCUT2D eigenvalue weighted by Gasteiger charge is 2.35. The second-order valence-electron chi connectivity index (χ2n) is 7.45. The van der Waals surface area contributed by atoms with Gasteiger partial charge < -0.3 is 5.11 Å². The van der Waals surface area contributed by atoms with E-state index in [1.807, 2.05) is 37.3 Å². The number of hydrogen-bond donors (Lipinski definition) is 1. The number of ketones is 1. The molecule has 0 aromatic heterocycles. The van der Waals surface area contributed by atoms with Crippen LogP contribution in [-0.4, -0.2) is 16.9 Å². The van der Waals surface area contributed by atoms with Crippen LogP contribution in [0.2, 0.25) is 0 Å². The van der Waals surface area contributed by atoms with Crippen molar-refractivity contribution in [2.24, 2.45) is 11.8 Å². The summed E-state index contributed by atoms with van der Waals surface area (Å²) in [6.07, 6.45) is 3.77. The number of carbonyl (C=O) groups excluding carboxylic acids is 1. The van der Waals surface area contributed by atoms with E-state index in [2.05, 4.69) is 24.3 Å². The fourth-order valence-electron chi connectivity index (χ4n) is 4.11. The van der Waals surface area contributed by atoms with Gasteiger partial charge in [0.1, 0.15) is 11.7 Å². The fraction of sp³-hybridized carbons (Fsp3) is 0.391. The number of aliphatic carboxylic acids is 1. The number of benzene rings is 2. The normalized spacial score (nSPS) is 21.1. The molecule has 1 atom stereocenters. The topological polar surface area (TPSA) is 54.4 Å². The minimum Gasteiger partial charge on any atom is -0.481 e. The molecule has 1 N–H and O–H groups in total. The average molecular weight is 350 g/mol. The predicted molar refractivity (Wildman–Crippen MR) is 102 cm³/mol. The molecule has 0 aliphatic heterocycles. The average Bonchev–Trinajstić information content (AvgIpc) is 2.66. The summed E-state index contributed by atoms with van der Waals surface area (Å²) in [5, 5.41) is 9.61. The van der Waals surface area contributed by atoms with Crippen LogP contribution in [0.4, 0.5) is 0 Å². The van der Waals surface area contributed by atoms with Crippen LogP contribution in [0.15, 0.2) is 54.6 Å². The lowest BCUT2D eigenvalue weighted by atomic mass is 9.74. The van der Waals surface area contributed by atoms with Crippen LogP contribution in [0.1, 0.15) is 48.3 Å². The number of Topliss-reactive ketones (excluding diaryl/α,β-unsaturated/α-hetero) is 1. The molecule has 1 unspecified atom stereocenters. The Hall–Kier alpha value is -2.42.